The van der Waals surface area contributed by atoms with E-state index in [1.54, 1.807) is 37.3 Å². The normalized spacial score (nSPS) is 10.4. The van der Waals surface area contributed by atoms with E-state index in [9.17, 15) is 13.2 Å². The Balaban J connectivity index is 1.82. The quantitative estimate of drug-likeness (QED) is 0.448. The number of benzene rings is 3. The fraction of sp³-hybridized carbons (Fsp3) is 0.200. The van der Waals surface area contributed by atoms with Crippen molar-refractivity contribution < 1.29 is 17.9 Å². The van der Waals surface area contributed by atoms with Gasteiger partial charge in [-0.25, -0.2) is 8.78 Å². The number of halogens is 3. The van der Waals surface area contributed by atoms with Crippen LogP contribution in [0, 0.1) is 29.3 Å². The molecule has 0 atom stereocenters. The fourth-order valence-electron chi connectivity index (χ4n) is 3.00. The highest BCUT2D eigenvalue weighted by Gasteiger charge is 2.15. The van der Waals surface area contributed by atoms with Crippen LogP contribution in [0.3, 0.4) is 0 Å². The average molecular weight is 394 g/mol. The van der Waals surface area contributed by atoms with Crippen LogP contribution in [0.25, 0.3) is 11.1 Å². The molecule has 3 aromatic carbocycles. The summed E-state index contributed by atoms with van der Waals surface area (Å²) in [5.41, 5.74) is 2.59. The first-order valence-electron chi connectivity index (χ1n) is 9.55. The predicted molar refractivity (Wildman–Crippen MR) is 109 cm³/mol. The molecule has 0 aliphatic carbocycles. The summed E-state index contributed by atoms with van der Waals surface area (Å²) in [5.74, 6) is 3.32. The Bertz CT molecular complexity index is 1060. The Morgan fingerprint density at radius 3 is 2.24 bits per heavy atom. The Labute approximate surface area is 169 Å². The Hall–Kier alpha value is -3.19. The molecule has 0 radical (unpaired) electrons. The highest BCUT2D eigenvalue weighted by molar-refractivity contribution is 5.66. The van der Waals surface area contributed by atoms with Gasteiger partial charge in [-0.15, -0.1) is 0 Å². The SMILES string of the molecule is CCCc1ccc(C#Cc2ccc(-c3ccc(OCC)c(F)c3F)cc2)c(F)c1. The topological polar surface area (TPSA) is 9.23 Å². The third-order valence-corrected chi connectivity index (χ3v) is 4.46. The third-order valence-electron chi connectivity index (χ3n) is 4.46. The predicted octanol–water partition coefficient (Wildman–Crippen LogP) is 6.52. The van der Waals surface area contributed by atoms with Gasteiger partial charge in [-0.3, -0.25) is 0 Å². The Morgan fingerprint density at radius 1 is 0.828 bits per heavy atom. The molecule has 29 heavy (non-hydrogen) atoms. The van der Waals surface area contributed by atoms with Gasteiger partial charge in [0.1, 0.15) is 5.82 Å². The monoisotopic (exact) mass is 394 g/mol. The van der Waals surface area contributed by atoms with E-state index in [4.69, 9.17) is 4.74 Å². The zero-order valence-electron chi connectivity index (χ0n) is 16.4. The van der Waals surface area contributed by atoms with Gasteiger partial charge < -0.3 is 4.74 Å². The van der Waals surface area contributed by atoms with Crippen LogP contribution in [0.15, 0.2) is 54.6 Å². The first-order valence-corrected chi connectivity index (χ1v) is 9.55. The third kappa shape index (κ3) is 4.81. The van der Waals surface area contributed by atoms with Gasteiger partial charge in [0.05, 0.1) is 12.2 Å². The molecule has 0 bridgehead atoms. The maximum Gasteiger partial charge on any atom is 0.201 e. The van der Waals surface area contributed by atoms with Crippen molar-refractivity contribution in [1.82, 2.24) is 0 Å². The van der Waals surface area contributed by atoms with Crippen molar-refractivity contribution in [3.8, 4) is 28.7 Å². The maximum atomic E-state index is 14.3. The minimum absolute atomic E-state index is 0.108. The molecule has 0 heterocycles. The molecule has 4 heteroatoms. The largest absolute Gasteiger partial charge is 0.491 e. The van der Waals surface area contributed by atoms with E-state index in [2.05, 4.69) is 11.8 Å². The van der Waals surface area contributed by atoms with Gasteiger partial charge >= 0.3 is 0 Å². The van der Waals surface area contributed by atoms with Gasteiger partial charge in [0.2, 0.25) is 5.82 Å². The molecule has 0 aliphatic rings. The van der Waals surface area contributed by atoms with Crippen LogP contribution in [0.5, 0.6) is 5.75 Å². The maximum absolute atomic E-state index is 14.3. The van der Waals surface area contributed by atoms with Crippen molar-refractivity contribution >= 4 is 0 Å². The van der Waals surface area contributed by atoms with Gasteiger partial charge in [0.15, 0.2) is 11.6 Å². The number of rotatable bonds is 5. The smallest absolute Gasteiger partial charge is 0.201 e. The van der Waals surface area contributed by atoms with E-state index in [0.717, 1.165) is 18.4 Å². The van der Waals surface area contributed by atoms with Crippen LogP contribution in [-0.2, 0) is 6.42 Å². The summed E-state index contributed by atoms with van der Waals surface area (Å²) in [4.78, 5) is 0. The van der Waals surface area contributed by atoms with E-state index in [1.807, 2.05) is 13.0 Å². The lowest BCUT2D eigenvalue weighted by atomic mass is 10.0. The molecule has 0 unspecified atom stereocenters. The Morgan fingerprint density at radius 2 is 1.59 bits per heavy atom. The molecule has 0 aliphatic heterocycles. The summed E-state index contributed by atoms with van der Waals surface area (Å²) in [6, 6.07) is 14.7. The van der Waals surface area contributed by atoms with Gasteiger partial charge in [-0.05, 0) is 60.9 Å². The summed E-state index contributed by atoms with van der Waals surface area (Å²) < 4.78 is 47.6. The van der Waals surface area contributed by atoms with E-state index in [0.29, 0.717) is 16.7 Å². The van der Waals surface area contributed by atoms with Gasteiger partial charge in [0, 0.05) is 11.1 Å². The van der Waals surface area contributed by atoms with Crippen LogP contribution in [0.4, 0.5) is 13.2 Å². The first kappa shape index (κ1) is 20.5. The van der Waals surface area contributed by atoms with Crippen molar-refractivity contribution in [2.75, 3.05) is 6.61 Å². The highest BCUT2D eigenvalue weighted by Crippen LogP contribution is 2.30. The summed E-state index contributed by atoms with van der Waals surface area (Å²) in [6.45, 7) is 4.00. The molecule has 0 saturated heterocycles. The molecular formula is C25H21F3O. The Kier molecular flexibility index (Phi) is 6.61. The van der Waals surface area contributed by atoms with Crippen molar-refractivity contribution in [3.63, 3.8) is 0 Å². The van der Waals surface area contributed by atoms with E-state index in [1.165, 1.54) is 18.2 Å². The van der Waals surface area contributed by atoms with Gasteiger partial charge in [-0.2, -0.15) is 4.39 Å². The van der Waals surface area contributed by atoms with Gasteiger partial charge in [0.25, 0.3) is 0 Å². The van der Waals surface area contributed by atoms with Crippen molar-refractivity contribution in [2.24, 2.45) is 0 Å². The van der Waals surface area contributed by atoms with Crippen LogP contribution in [-0.4, -0.2) is 6.61 Å². The minimum atomic E-state index is -1.00. The zero-order chi connectivity index (χ0) is 20.8. The number of hydrogen-bond donors (Lipinski definition) is 0. The molecule has 0 N–H and O–H groups in total. The molecule has 3 aromatic rings. The minimum Gasteiger partial charge on any atom is -0.491 e. The lowest BCUT2D eigenvalue weighted by Gasteiger charge is -2.09. The second-order valence-corrected chi connectivity index (χ2v) is 6.56. The summed E-state index contributed by atoms with van der Waals surface area (Å²) >= 11 is 0. The van der Waals surface area contributed by atoms with Crippen molar-refractivity contribution in [1.29, 1.82) is 0 Å². The van der Waals surface area contributed by atoms with Crippen molar-refractivity contribution in [3.05, 3.63) is 88.7 Å². The molecule has 1 nitrogen and oxygen atoms in total. The second-order valence-electron chi connectivity index (χ2n) is 6.56. The summed E-state index contributed by atoms with van der Waals surface area (Å²) in [7, 11) is 0. The lowest BCUT2D eigenvalue weighted by molar-refractivity contribution is 0.314. The summed E-state index contributed by atoms with van der Waals surface area (Å²) in [6.07, 6.45) is 1.78. The molecule has 0 fully saturated rings. The fourth-order valence-corrected chi connectivity index (χ4v) is 3.00. The number of aryl methyl sites for hydroxylation is 1. The van der Waals surface area contributed by atoms with E-state index < -0.39 is 11.6 Å². The molecule has 0 spiro atoms. The molecule has 0 amide bonds. The number of hydrogen-bond acceptors (Lipinski definition) is 1. The second kappa shape index (κ2) is 9.34. The van der Waals surface area contributed by atoms with Crippen LogP contribution >= 0.6 is 0 Å². The van der Waals surface area contributed by atoms with E-state index in [-0.39, 0.29) is 23.7 Å². The molecular weight excluding hydrogens is 373 g/mol. The molecule has 0 aromatic heterocycles. The van der Waals surface area contributed by atoms with E-state index >= 15 is 0 Å². The lowest BCUT2D eigenvalue weighted by Crippen LogP contribution is -1.98. The first-order chi connectivity index (χ1) is 14.0. The van der Waals surface area contributed by atoms with Crippen molar-refractivity contribution in [2.45, 2.75) is 26.7 Å². The zero-order valence-corrected chi connectivity index (χ0v) is 16.4. The van der Waals surface area contributed by atoms with Gasteiger partial charge in [-0.1, -0.05) is 43.4 Å². The number of ether oxygens (including phenoxy) is 1. The molecule has 0 saturated carbocycles. The van der Waals surface area contributed by atoms with Crippen LogP contribution in [0.2, 0.25) is 0 Å². The highest BCUT2D eigenvalue weighted by atomic mass is 19.2. The average Bonchev–Trinajstić information content (AvgIpc) is 2.72. The standard InChI is InChI=1S/C25H21F3O/c1-3-5-18-9-13-20(22(26)16-18)12-8-17-6-10-19(11-7-17)21-14-15-23(29-4-2)25(28)24(21)27/h6-7,9-11,13-16H,3-5H2,1-2H3. The summed E-state index contributed by atoms with van der Waals surface area (Å²) in [5, 5.41) is 0. The molecule has 3 rings (SSSR count). The van der Waals surface area contributed by atoms with Crippen LogP contribution in [0.1, 0.15) is 37.0 Å². The van der Waals surface area contributed by atoms with Crippen LogP contribution < -0.4 is 4.74 Å². The molecule has 148 valence electrons.